The lowest BCUT2D eigenvalue weighted by atomic mass is 10.2. The average Bonchev–Trinajstić information content (AvgIpc) is 3.21. The van der Waals surface area contributed by atoms with E-state index in [1.165, 1.54) is 0 Å². The number of aromatic nitrogens is 2. The van der Waals surface area contributed by atoms with Crippen molar-refractivity contribution in [2.75, 3.05) is 6.61 Å². The van der Waals surface area contributed by atoms with Crippen LogP contribution in [0.4, 0.5) is 0 Å². The molecular formula is C26H27N3O3. The first-order valence-electron chi connectivity index (χ1n) is 10.8. The van der Waals surface area contributed by atoms with Crippen LogP contribution in [0.2, 0.25) is 0 Å². The van der Waals surface area contributed by atoms with Crippen molar-refractivity contribution in [3.63, 3.8) is 0 Å². The maximum atomic E-state index is 12.6. The number of nitrogens with zero attached hydrogens (tertiary/aromatic N) is 2. The first-order chi connectivity index (χ1) is 15.7. The Bertz CT molecular complexity index is 1190. The van der Waals surface area contributed by atoms with Crippen LogP contribution in [0.15, 0.2) is 78.9 Å². The van der Waals surface area contributed by atoms with Crippen LogP contribution in [0.5, 0.6) is 11.5 Å². The Balaban J connectivity index is 1.37. The standard InChI is InChI=1S/C26H27N3O3/c1-3-29-22-14-8-7-13-21(22)28-26(29)19(2)27-25(30)18-32-24-16-10-9-15-23(24)31-17-20-11-5-4-6-12-20/h4-16,19H,3,17-18H2,1-2H3,(H,27,30). The van der Waals surface area contributed by atoms with Crippen LogP contribution in [-0.4, -0.2) is 22.1 Å². The van der Waals surface area contributed by atoms with Crippen molar-refractivity contribution in [2.45, 2.75) is 33.0 Å². The Labute approximate surface area is 187 Å². The highest BCUT2D eigenvalue weighted by atomic mass is 16.5. The molecule has 32 heavy (non-hydrogen) atoms. The van der Waals surface area contributed by atoms with Crippen molar-refractivity contribution in [1.29, 1.82) is 0 Å². The quantitative estimate of drug-likeness (QED) is 0.411. The minimum Gasteiger partial charge on any atom is -0.485 e. The fraction of sp³-hybridized carbons (Fsp3) is 0.231. The smallest absolute Gasteiger partial charge is 0.258 e. The number of fused-ring (bicyclic) bond motifs is 1. The van der Waals surface area contributed by atoms with Gasteiger partial charge in [-0.2, -0.15) is 0 Å². The maximum Gasteiger partial charge on any atom is 0.258 e. The molecule has 0 spiro atoms. The molecular weight excluding hydrogens is 402 g/mol. The summed E-state index contributed by atoms with van der Waals surface area (Å²) >= 11 is 0. The predicted octanol–water partition coefficient (Wildman–Crippen LogP) is 4.89. The Hall–Kier alpha value is -3.80. The van der Waals surface area contributed by atoms with Gasteiger partial charge < -0.3 is 19.4 Å². The Morgan fingerprint density at radius 2 is 1.59 bits per heavy atom. The summed E-state index contributed by atoms with van der Waals surface area (Å²) in [5, 5.41) is 2.99. The van der Waals surface area contributed by atoms with Gasteiger partial charge in [0.15, 0.2) is 18.1 Å². The number of carbonyl (C=O) groups excluding carboxylic acids is 1. The fourth-order valence-electron chi connectivity index (χ4n) is 3.67. The number of para-hydroxylation sites is 4. The van der Waals surface area contributed by atoms with Crippen LogP contribution in [0.1, 0.15) is 31.3 Å². The first kappa shape index (κ1) is 21.4. The van der Waals surface area contributed by atoms with E-state index in [1.807, 2.05) is 79.7 Å². The molecule has 0 saturated carbocycles. The summed E-state index contributed by atoms with van der Waals surface area (Å²) in [4.78, 5) is 17.3. The van der Waals surface area contributed by atoms with Gasteiger partial charge in [-0.05, 0) is 43.7 Å². The van der Waals surface area contributed by atoms with Crippen LogP contribution >= 0.6 is 0 Å². The van der Waals surface area contributed by atoms with Crippen LogP contribution in [-0.2, 0) is 17.9 Å². The van der Waals surface area contributed by atoms with Crippen molar-refractivity contribution in [1.82, 2.24) is 14.9 Å². The number of benzene rings is 3. The number of hydrogen-bond acceptors (Lipinski definition) is 4. The molecule has 1 atom stereocenters. The molecule has 6 heteroatoms. The van der Waals surface area contributed by atoms with E-state index >= 15 is 0 Å². The summed E-state index contributed by atoms with van der Waals surface area (Å²) in [5.41, 5.74) is 3.05. The van der Waals surface area contributed by atoms with Crippen molar-refractivity contribution in [3.8, 4) is 11.5 Å². The zero-order valence-corrected chi connectivity index (χ0v) is 18.3. The molecule has 3 aromatic carbocycles. The molecule has 0 fully saturated rings. The third-order valence-corrected chi connectivity index (χ3v) is 5.21. The average molecular weight is 430 g/mol. The number of nitrogens with one attached hydrogen (secondary N) is 1. The van der Waals surface area contributed by atoms with E-state index in [-0.39, 0.29) is 18.6 Å². The van der Waals surface area contributed by atoms with E-state index in [1.54, 1.807) is 6.07 Å². The van der Waals surface area contributed by atoms with E-state index in [0.29, 0.717) is 18.1 Å². The maximum absolute atomic E-state index is 12.6. The second-order valence-electron chi connectivity index (χ2n) is 7.50. The van der Waals surface area contributed by atoms with Gasteiger partial charge in [0.25, 0.3) is 5.91 Å². The zero-order valence-electron chi connectivity index (χ0n) is 18.3. The topological polar surface area (TPSA) is 65.4 Å². The van der Waals surface area contributed by atoms with Crippen LogP contribution in [0, 0.1) is 0 Å². The summed E-state index contributed by atoms with van der Waals surface area (Å²) < 4.78 is 13.8. The molecule has 0 bridgehead atoms. The van der Waals surface area contributed by atoms with E-state index in [0.717, 1.165) is 29.0 Å². The second kappa shape index (κ2) is 10.0. The lowest BCUT2D eigenvalue weighted by molar-refractivity contribution is -0.123. The molecule has 164 valence electrons. The molecule has 0 saturated heterocycles. The predicted molar refractivity (Wildman–Crippen MR) is 125 cm³/mol. The summed E-state index contributed by atoms with van der Waals surface area (Å²) in [6.45, 7) is 5.10. The van der Waals surface area contributed by atoms with E-state index in [4.69, 9.17) is 14.5 Å². The van der Waals surface area contributed by atoms with Gasteiger partial charge in [0.1, 0.15) is 12.4 Å². The molecule has 1 N–H and O–H groups in total. The SMILES string of the molecule is CCn1c(C(C)NC(=O)COc2ccccc2OCc2ccccc2)nc2ccccc21. The Kier molecular flexibility index (Phi) is 6.70. The number of amides is 1. The van der Waals surface area contributed by atoms with E-state index in [9.17, 15) is 4.79 Å². The van der Waals surface area contributed by atoms with Crippen LogP contribution in [0.25, 0.3) is 11.0 Å². The van der Waals surface area contributed by atoms with Gasteiger partial charge in [-0.25, -0.2) is 4.98 Å². The molecule has 4 rings (SSSR count). The van der Waals surface area contributed by atoms with E-state index in [2.05, 4.69) is 16.8 Å². The zero-order chi connectivity index (χ0) is 22.3. The fourth-order valence-corrected chi connectivity index (χ4v) is 3.67. The molecule has 0 radical (unpaired) electrons. The van der Waals surface area contributed by atoms with Crippen molar-refractivity contribution in [2.24, 2.45) is 0 Å². The third-order valence-electron chi connectivity index (χ3n) is 5.21. The minimum atomic E-state index is -0.247. The number of rotatable bonds is 9. The van der Waals surface area contributed by atoms with Crippen molar-refractivity contribution >= 4 is 16.9 Å². The first-order valence-corrected chi connectivity index (χ1v) is 10.8. The molecule has 1 unspecified atom stereocenters. The second-order valence-corrected chi connectivity index (χ2v) is 7.50. The van der Waals surface area contributed by atoms with Gasteiger partial charge >= 0.3 is 0 Å². The molecule has 0 aliphatic rings. The largest absolute Gasteiger partial charge is 0.485 e. The summed E-state index contributed by atoms with van der Waals surface area (Å²) in [6, 6.07) is 25.0. The Morgan fingerprint density at radius 1 is 0.938 bits per heavy atom. The molecule has 0 aliphatic carbocycles. The van der Waals surface area contributed by atoms with Gasteiger partial charge in [-0.3, -0.25) is 4.79 Å². The summed E-state index contributed by atoms with van der Waals surface area (Å²) in [6.07, 6.45) is 0. The van der Waals surface area contributed by atoms with Gasteiger partial charge in [-0.1, -0.05) is 54.6 Å². The summed E-state index contributed by atoms with van der Waals surface area (Å²) in [5.74, 6) is 1.75. The summed E-state index contributed by atoms with van der Waals surface area (Å²) in [7, 11) is 0. The van der Waals surface area contributed by atoms with Gasteiger partial charge in [0.05, 0.1) is 17.1 Å². The minimum absolute atomic E-state index is 0.109. The van der Waals surface area contributed by atoms with Crippen LogP contribution in [0.3, 0.4) is 0 Å². The number of carbonyl (C=O) groups is 1. The highest BCUT2D eigenvalue weighted by Gasteiger charge is 2.18. The van der Waals surface area contributed by atoms with Gasteiger partial charge in [0, 0.05) is 6.54 Å². The molecule has 1 amide bonds. The highest BCUT2D eigenvalue weighted by Crippen LogP contribution is 2.27. The molecule has 1 aromatic heterocycles. The van der Waals surface area contributed by atoms with E-state index < -0.39 is 0 Å². The van der Waals surface area contributed by atoms with Crippen molar-refractivity contribution < 1.29 is 14.3 Å². The number of aryl methyl sites for hydroxylation is 1. The number of imidazole rings is 1. The Morgan fingerprint density at radius 3 is 2.34 bits per heavy atom. The molecule has 0 aliphatic heterocycles. The van der Waals surface area contributed by atoms with Gasteiger partial charge in [-0.15, -0.1) is 0 Å². The third kappa shape index (κ3) is 4.91. The lowest BCUT2D eigenvalue weighted by Gasteiger charge is -2.16. The molecule has 6 nitrogen and oxygen atoms in total. The molecule has 4 aromatic rings. The number of hydrogen-bond donors (Lipinski definition) is 1. The van der Waals surface area contributed by atoms with Crippen molar-refractivity contribution in [3.05, 3.63) is 90.3 Å². The molecule has 1 heterocycles. The monoisotopic (exact) mass is 429 g/mol. The highest BCUT2D eigenvalue weighted by molar-refractivity contribution is 5.79. The lowest BCUT2D eigenvalue weighted by Crippen LogP contribution is -2.32. The number of ether oxygens (including phenoxy) is 2. The van der Waals surface area contributed by atoms with Crippen LogP contribution < -0.4 is 14.8 Å². The normalized spacial score (nSPS) is 11.8. The van der Waals surface area contributed by atoms with Gasteiger partial charge in [0.2, 0.25) is 0 Å².